The molecule has 7 nitrogen and oxygen atoms in total. The molecule has 132 valence electrons. The monoisotopic (exact) mass is 351 g/mol. The lowest BCUT2D eigenvalue weighted by Gasteiger charge is -2.26. The van der Waals surface area contributed by atoms with E-state index in [-0.39, 0.29) is 17.2 Å². The van der Waals surface area contributed by atoms with Crippen molar-refractivity contribution in [1.29, 1.82) is 5.26 Å². The van der Waals surface area contributed by atoms with Crippen molar-refractivity contribution in [2.75, 3.05) is 13.1 Å². The normalized spacial score (nSPS) is 14.7. The maximum Gasteiger partial charge on any atom is 0.269 e. The first-order valence-electron chi connectivity index (χ1n) is 8.34. The lowest BCUT2D eigenvalue weighted by atomic mass is 10.1. The van der Waals surface area contributed by atoms with Crippen LogP contribution in [0.5, 0.6) is 0 Å². The lowest BCUT2D eigenvalue weighted by molar-refractivity contribution is -0.384. The summed E-state index contributed by atoms with van der Waals surface area (Å²) < 4.78 is 5.67. The van der Waals surface area contributed by atoms with Gasteiger partial charge in [-0.15, -0.1) is 0 Å². The molecule has 1 aliphatic rings. The minimum atomic E-state index is -0.467. The Labute approximate surface area is 150 Å². The Hall–Kier alpha value is -3.40. The highest BCUT2D eigenvalue weighted by molar-refractivity contribution is 6.01. The molecular formula is C19H17N3O4. The first kappa shape index (κ1) is 17.4. The number of hydrogen-bond acceptors (Lipinski definition) is 5. The van der Waals surface area contributed by atoms with Crippen LogP contribution in [0.4, 0.5) is 5.69 Å². The molecule has 0 saturated carbocycles. The summed E-state index contributed by atoms with van der Waals surface area (Å²) in [7, 11) is 0. The Morgan fingerprint density at radius 2 is 1.85 bits per heavy atom. The van der Waals surface area contributed by atoms with Crippen molar-refractivity contribution in [2.45, 2.75) is 19.3 Å². The molecule has 1 aromatic carbocycles. The molecule has 3 rings (SSSR count). The number of likely N-dealkylation sites (tertiary alicyclic amines) is 1. The topological polar surface area (TPSA) is 100 Å². The minimum absolute atomic E-state index is 0.000629. The molecule has 7 heteroatoms. The first-order chi connectivity index (χ1) is 12.6. The molecule has 26 heavy (non-hydrogen) atoms. The lowest BCUT2D eigenvalue weighted by Crippen LogP contribution is -2.36. The smallest absolute Gasteiger partial charge is 0.269 e. The number of furan rings is 1. The predicted octanol–water partition coefficient (Wildman–Crippen LogP) is 3.77. The van der Waals surface area contributed by atoms with E-state index in [2.05, 4.69) is 0 Å². The van der Waals surface area contributed by atoms with Gasteiger partial charge in [0.1, 0.15) is 23.2 Å². The Balaban J connectivity index is 1.79. The molecule has 2 heterocycles. The largest absolute Gasteiger partial charge is 0.457 e. The Kier molecular flexibility index (Phi) is 5.13. The fraction of sp³-hybridized carbons (Fsp3) is 0.263. The van der Waals surface area contributed by atoms with Crippen molar-refractivity contribution in [3.05, 3.63) is 57.8 Å². The molecule has 0 radical (unpaired) electrons. The fourth-order valence-corrected chi connectivity index (χ4v) is 2.88. The van der Waals surface area contributed by atoms with Crippen molar-refractivity contribution in [3.8, 4) is 17.4 Å². The zero-order chi connectivity index (χ0) is 18.5. The van der Waals surface area contributed by atoms with Gasteiger partial charge in [0.25, 0.3) is 11.6 Å². The summed E-state index contributed by atoms with van der Waals surface area (Å²) in [5.41, 5.74) is 0.715. The van der Waals surface area contributed by atoms with E-state index in [0.717, 1.165) is 19.3 Å². The van der Waals surface area contributed by atoms with E-state index in [1.165, 1.54) is 18.2 Å². The first-order valence-corrected chi connectivity index (χ1v) is 8.34. The standard InChI is InChI=1S/C19H17N3O4/c20-13-15(19(23)21-10-2-1-3-11-21)12-17-8-9-18(26-17)14-4-6-16(7-5-14)22(24)25/h4-9,12H,1-3,10-11H2/b15-12-. The van der Waals surface area contributed by atoms with E-state index in [4.69, 9.17) is 4.42 Å². The van der Waals surface area contributed by atoms with Gasteiger partial charge >= 0.3 is 0 Å². The van der Waals surface area contributed by atoms with Crippen LogP contribution in [0, 0.1) is 21.4 Å². The highest BCUT2D eigenvalue weighted by atomic mass is 16.6. The van der Waals surface area contributed by atoms with Crippen LogP contribution in [0.1, 0.15) is 25.0 Å². The molecule has 0 spiro atoms. The molecule has 1 fully saturated rings. The quantitative estimate of drug-likeness (QED) is 0.361. The molecule has 1 aromatic heterocycles. The van der Waals surface area contributed by atoms with Gasteiger partial charge in [-0.25, -0.2) is 0 Å². The molecule has 1 saturated heterocycles. The van der Waals surface area contributed by atoms with Crippen molar-refractivity contribution >= 4 is 17.7 Å². The minimum Gasteiger partial charge on any atom is -0.457 e. The van der Waals surface area contributed by atoms with Crippen molar-refractivity contribution in [3.63, 3.8) is 0 Å². The molecule has 0 bridgehead atoms. The number of amides is 1. The van der Waals surface area contributed by atoms with Crippen molar-refractivity contribution < 1.29 is 14.1 Å². The van der Waals surface area contributed by atoms with E-state index >= 15 is 0 Å². The molecule has 0 atom stereocenters. The molecule has 0 N–H and O–H groups in total. The van der Waals surface area contributed by atoms with Gasteiger partial charge in [0, 0.05) is 36.9 Å². The van der Waals surface area contributed by atoms with Gasteiger partial charge in [-0.2, -0.15) is 5.26 Å². The maximum absolute atomic E-state index is 12.4. The van der Waals surface area contributed by atoms with Gasteiger partial charge in [0.15, 0.2) is 0 Å². The predicted molar refractivity (Wildman–Crippen MR) is 94.8 cm³/mol. The van der Waals surface area contributed by atoms with Crippen LogP contribution in [0.15, 0.2) is 46.4 Å². The summed E-state index contributed by atoms with van der Waals surface area (Å²) in [6.45, 7) is 1.34. The number of non-ortho nitro benzene ring substituents is 1. The summed E-state index contributed by atoms with van der Waals surface area (Å²) in [4.78, 5) is 24.4. The number of nitriles is 1. The number of rotatable bonds is 4. The Morgan fingerprint density at radius 3 is 2.46 bits per heavy atom. The van der Waals surface area contributed by atoms with Gasteiger partial charge in [-0.3, -0.25) is 14.9 Å². The SMILES string of the molecule is N#C/C(=C/c1ccc(-c2ccc([N+](=O)[O-])cc2)o1)C(=O)N1CCCCC1. The second kappa shape index (κ2) is 7.66. The number of nitro groups is 1. The third kappa shape index (κ3) is 3.81. The maximum atomic E-state index is 12.4. The van der Waals surface area contributed by atoms with Gasteiger partial charge < -0.3 is 9.32 Å². The van der Waals surface area contributed by atoms with E-state index < -0.39 is 4.92 Å². The second-order valence-corrected chi connectivity index (χ2v) is 6.03. The van der Waals surface area contributed by atoms with Gasteiger partial charge in [0.05, 0.1) is 4.92 Å². The second-order valence-electron chi connectivity index (χ2n) is 6.03. The van der Waals surface area contributed by atoms with Crippen LogP contribution in [-0.2, 0) is 4.79 Å². The number of carbonyl (C=O) groups excluding carboxylic acids is 1. The average Bonchev–Trinajstić information content (AvgIpc) is 3.15. The number of benzene rings is 1. The van der Waals surface area contributed by atoms with Crippen LogP contribution in [-0.4, -0.2) is 28.8 Å². The third-order valence-electron chi connectivity index (χ3n) is 4.27. The summed E-state index contributed by atoms with van der Waals surface area (Å²) in [6, 6.07) is 11.3. The zero-order valence-electron chi connectivity index (χ0n) is 14.1. The van der Waals surface area contributed by atoms with E-state index in [9.17, 15) is 20.2 Å². The number of hydrogen-bond donors (Lipinski definition) is 0. The zero-order valence-corrected chi connectivity index (χ0v) is 14.1. The van der Waals surface area contributed by atoms with Crippen LogP contribution < -0.4 is 0 Å². The summed E-state index contributed by atoms with van der Waals surface area (Å²) in [5, 5.41) is 20.0. The molecule has 1 amide bonds. The number of piperidine rings is 1. The van der Waals surface area contributed by atoms with Gasteiger partial charge in [-0.05, 0) is 43.5 Å². The van der Waals surface area contributed by atoms with Crippen LogP contribution >= 0.6 is 0 Å². The highest BCUT2D eigenvalue weighted by Crippen LogP contribution is 2.25. The Bertz CT molecular complexity index is 884. The molecule has 1 aliphatic heterocycles. The van der Waals surface area contributed by atoms with E-state index in [0.29, 0.717) is 30.2 Å². The summed E-state index contributed by atoms with van der Waals surface area (Å²) in [6.07, 6.45) is 4.45. The van der Waals surface area contributed by atoms with Gasteiger partial charge in [-0.1, -0.05) is 0 Å². The van der Waals surface area contributed by atoms with Crippen molar-refractivity contribution in [2.24, 2.45) is 0 Å². The van der Waals surface area contributed by atoms with E-state index in [1.807, 2.05) is 6.07 Å². The summed E-state index contributed by atoms with van der Waals surface area (Å²) in [5.74, 6) is 0.620. The van der Waals surface area contributed by atoms with Crippen LogP contribution in [0.2, 0.25) is 0 Å². The molecular weight excluding hydrogens is 334 g/mol. The van der Waals surface area contributed by atoms with Crippen LogP contribution in [0.25, 0.3) is 17.4 Å². The number of nitrogens with zero attached hydrogens (tertiary/aromatic N) is 3. The van der Waals surface area contributed by atoms with Gasteiger partial charge in [0.2, 0.25) is 0 Å². The van der Waals surface area contributed by atoms with Crippen molar-refractivity contribution in [1.82, 2.24) is 4.90 Å². The Morgan fingerprint density at radius 1 is 1.15 bits per heavy atom. The average molecular weight is 351 g/mol. The number of carbonyl (C=O) groups is 1. The summed E-state index contributed by atoms with van der Waals surface area (Å²) >= 11 is 0. The molecule has 2 aromatic rings. The molecule has 0 unspecified atom stereocenters. The third-order valence-corrected chi connectivity index (χ3v) is 4.27. The van der Waals surface area contributed by atoms with Crippen LogP contribution in [0.3, 0.4) is 0 Å². The number of nitro benzene ring substituents is 1. The van der Waals surface area contributed by atoms with E-state index in [1.54, 1.807) is 29.2 Å². The molecule has 0 aliphatic carbocycles. The fourth-order valence-electron chi connectivity index (χ4n) is 2.88. The highest BCUT2D eigenvalue weighted by Gasteiger charge is 2.20.